The number of benzene rings is 1. The zero-order chi connectivity index (χ0) is 17.9. The van der Waals surface area contributed by atoms with Gasteiger partial charge in [0.15, 0.2) is 0 Å². The van der Waals surface area contributed by atoms with Gasteiger partial charge in [-0.05, 0) is 57.2 Å². The monoisotopic (exact) mass is 397 g/mol. The van der Waals surface area contributed by atoms with Gasteiger partial charge >= 0.3 is 12.1 Å². The molecule has 6 heteroatoms. The molecule has 0 unspecified atom stereocenters. The third kappa shape index (κ3) is 5.23. The van der Waals surface area contributed by atoms with Gasteiger partial charge in [-0.25, -0.2) is 4.79 Å². The van der Waals surface area contributed by atoms with Crippen molar-refractivity contribution in [1.82, 2.24) is 4.90 Å². The van der Waals surface area contributed by atoms with E-state index in [1.165, 1.54) is 0 Å². The van der Waals surface area contributed by atoms with Crippen molar-refractivity contribution in [2.75, 3.05) is 13.1 Å². The van der Waals surface area contributed by atoms with Crippen LogP contribution in [0.1, 0.15) is 32.8 Å². The highest BCUT2D eigenvalue weighted by Crippen LogP contribution is 2.29. The summed E-state index contributed by atoms with van der Waals surface area (Å²) in [5.74, 6) is -1.38. The Labute approximate surface area is 151 Å². The summed E-state index contributed by atoms with van der Waals surface area (Å²) >= 11 is 3.41. The molecule has 0 spiro atoms. The Hall–Kier alpha value is -1.56. The van der Waals surface area contributed by atoms with Gasteiger partial charge in [0, 0.05) is 17.6 Å². The number of carboxylic acids is 1. The van der Waals surface area contributed by atoms with E-state index in [2.05, 4.69) is 15.9 Å². The number of amides is 1. The van der Waals surface area contributed by atoms with E-state index >= 15 is 0 Å². The number of aliphatic carboxylic acids is 1. The van der Waals surface area contributed by atoms with Crippen molar-refractivity contribution in [2.24, 2.45) is 11.8 Å². The van der Waals surface area contributed by atoms with Gasteiger partial charge in [0.1, 0.15) is 5.60 Å². The molecule has 1 fully saturated rings. The van der Waals surface area contributed by atoms with E-state index in [0.717, 1.165) is 10.0 Å². The predicted molar refractivity (Wildman–Crippen MR) is 94.9 cm³/mol. The number of likely N-dealkylation sites (tertiary alicyclic amines) is 1. The van der Waals surface area contributed by atoms with Crippen LogP contribution >= 0.6 is 15.9 Å². The Balaban J connectivity index is 2.02. The molecule has 1 aromatic rings. The number of hydrogen-bond acceptors (Lipinski definition) is 3. The van der Waals surface area contributed by atoms with E-state index in [0.29, 0.717) is 25.9 Å². The van der Waals surface area contributed by atoms with Crippen LogP contribution in [0, 0.1) is 11.8 Å². The Morgan fingerprint density at radius 3 is 2.71 bits per heavy atom. The van der Waals surface area contributed by atoms with Gasteiger partial charge < -0.3 is 14.7 Å². The van der Waals surface area contributed by atoms with Crippen LogP contribution in [-0.4, -0.2) is 40.8 Å². The summed E-state index contributed by atoms with van der Waals surface area (Å²) in [5, 5.41) is 9.63. The maximum Gasteiger partial charge on any atom is 0.410 e. The Morgan fingerprint density at radius 1 is 1.42 bits per heavy atom. The highest BCUT2D eigenvalue weighted by atomic mass is 79.9. The molecule has 2 atom stereocenters. The van der Waals surface area contributed by atoms with E-state index in [4.69, 9.17) is 4.74 Å². The van der Waals surface area contributed by atoms with Crippen LogP contribution in [0.3, 0.4) is 0 Å². The molecular weight excluding hydrogens is 374 g/mol. The average Bonchev–Trinajstić information content (AvgIpc) is 2.92. The molecule has 5 nitrogen and oxygen atoms in total. The summed E-state index contributed by atoms with van der Waals surface area (Å²) in [5.41, 5.74) is 0.435. The van der Waals surface area contributed by atoms with E-state index < -0.39 is 17.5 Å². The molecule has 0 aromatic heterocycles. The lowest BCUT2D eigenvalue weighted by molar-refractivity contribution is -0.143. The first-order chi connectivity index (χ1) is 11.2. The summed E-state index contributed by atoms with van der Waals surface area (Å²) in [4.78, 5) is 25.5. The highest BCUT2D eigenvalue weighted by molar-refractivity contribution is 9.10. The Bertz CT molecular complexity index is 611. The number of ether oxygens (including phenoxy) is 1. The first-order valence-corrected chi connectivity index (χ1v) is 8.90. The number of carbonyl (C=O) groups excluding carboxylic acids is 1. The summed E-state index contributed by atoms with van der Waals surface area (Å²) in [6.45, 7) is 6.45. The number of carboxylic acid groups (broad SMARTS) is 1. The van der Waals surface area contributed by atoms with Gasteiger partial charge in [0.25, 0.3) is 0 Å². The fraction of sp³-hybridized carbons (Fsp3) is 0.556. The molecule has 2 rings (SSSR count). The smallest absolute Gasteiger partial charge is 0.410 e. The van der Waals surface area contributed by atoms with Gasteiger partial charge in [0.05, 0.1) is 5.92 Å². The number of halogens is 1. The largest absolute Gasteiger partial charge is 0.481 e. The lowest BCUT2D eigenvalue weighted by Gasteiger charge is -2.25. The Morgan fingerprint density at radius 2 is 2.12 bits per heavy atom. The van der Waals surface area contributed by atoms with E-state index in [1.807, 2.05) is 45.0 Å². The Kier molecular flexibility index (Phi) is 5.91. The molecular formula is C18H24BrNO4. The van der Waals surface area contributed by atoms with Crippen molar-refractivity contribution in [3.63, 3.8) is 0 Å². The zero-order valence-corrected chi connectivity index (χ0v) is 15.9. The minimum atomic E-state index is -0.814. The van der Waals surface area contributed by atoms with E-state index in [9.17, 15) is 14.7 Å². The molecule has 1 aliphatic rings. The maximum absolute atomic E-state index is 12.2. The molecule has 1 heterocycles. The number of nitrogens with zero attached hydrogens (tertiary/aromatic N) is 1. The summed E-state index contributed by atoms with van der Waals surface area (Å²) < 4.78 is 6.31. The van der Waals surface area contributed by atoms with Crippen LogP contribution < -0.4 is 0 Å². The van der Waals surface area contributed by atoms with Crippen molar-refractivity contribution >= 4 is 28.0 Å². The topological polar surface area (TPSA) is 66.8 Å². The SMILES string of the molecule is CC(C)(C)OC(=O)N1CC[C@@H]([C@@H](Cc2cccc(Br)c2)C(=O)O)C1. The fourth-order valence-electron chi connectivity index (χ4n) is 2.98. The lowest BCUT2D eigenvalue weighted by Crippen LogP contribution is -2.36. The van der Waals surface area contributed by atoms with E-state index in [1.54, 1.807) is 4.90 Å². The van der Waals surface area contributed by atoms with Crippen LogP contribution in [-0.2, 0) is 16.0 Å². The van der Waals surface area contributed by atoms with Gasteiger partial charge in [0.2, 0.25) is 0 Å². The molecule has 1 saturated heterocycles. The van der Waals surface area contributed by atoms with Crippen LogP contribution in [0.15, 0.2) is 28.7 Å². The quantitative estimate of drug-likeness (QED) is 0.834. The van der Waals surface area contributed by atoms with Crippen molar-refractivity contribution in [2.45, 2.75) is 39.2 Å². The van der Waals surface area contributed by atoms with Gasteiger partial charge in [-0.3, -0.25) is 4.79 Å². The summed E-state index contributed by atoms with van der Waals surface area (Å²) in [6, 6.07) is 7.69. The van der Waals surface area contributed by atoms with Gasteiger partial charge in [-0.15, -0.1) is 0 Å². The molecule has 0 saturated carbocycles. The minimum Gasteiger partial charge on any atom is -0.481 e. The standard InChI is InChI=1S/C18H24BrNO4/c1-18(2,3)24-17(23)20-8-7-13(11-20)15(16(21)22)10-12-5-4-6-14(19)9-12/h4-6,9,13,15H,7-8,10-11H2,1-3H3,(H,21,22)/t13-,15-/m1/s1. The molecule has 1 aromatic carbocycles. The molecule has 24 heavy (non-hydrogen) atoms. The molecule has 1 aliphatic heterocycles. The predicted octanol–water partition coefficient (Wildman–Crippen LogP) is 3.95. The molecule has 0 bridgehead atoms. The van der Waals surface area contributed by atoms with Crippen LogP contribution in [0.2, 0.25) is 0 Å². The van der Waals surface area contributed by atoms with Crippen LogP contribution in [0.4, 0.5) is 4.79 Å². The van der Waals surface area contributed by atoms with E-state index in [-0.39, 0.29) is 12.0 Å². The number of hydrogen-bond donors (Lipinski definition) is 1. The van der Waals surface area contributed by atoms with Crippen molar-refractivity contribution in [3.8, 4) is 0 Å². The molecule has 0 aliphatic carbocycles. The highest BCUT2D eigenvalue weighted by Gasteiger charge is 2.37. The minimum absolute atomic E-state index is 0.0611. The molecule has 132 valence electrons. The van der Waals surface area contributed by atoms with Gasteiger partial charge in [-0.2, -0.15) is 0 Å². The number of rotatable bonds is 4. The third-order valence-electron chi connectivity index (χ3n) is 4.11. The zero-order valence-electron chi connectivity index (χ0n) is 14.3. The average molecular weight is 398 g/mol. The summed E-state index contributed by atoms with van der Waals surface area (Å²) in [6.07, 6.45) is 0.780. The van der Waals surface area contributed by atoms with Crippen LogP contribution in [0.5, 0.6) is 0 Å². The normalized spacial score (nSPS) is 19.2. The van der Waals surface area contributed by atoms with Crippen molar-refractivity contribution in [1.29, 1.82) is 0 Å². The second kappa shape index (κ2) is 7.55. The molecule has 1 N–H and O–H groups in total. The fourth-order valence-corrected chi connectivity index (χ4v) is 3.43. The summed E-state index contributed by atoms with van der Waals surface area (Å²) in [7, 11) is 0. The van der Waals surface area contributed by atoms with Crippen molar-refractivity contribution < 1.29 is 19.4 Å². The second-order valence-electron chi connectivity index (χ2n) is 7.25. The van der Waals surface area contributed by atoms with Crippen molar-refractivity contribution in [3.05, 3.63) is 34.3 Å². The first kappa shape index (κ1) is 18.8. The van der Waals surface area contributed by atoms with Gasteiger partial charge in [-0.1, -0.05) is 28.1 Å². The number of carbonyl (C=O) groups is 2. The maximum atomic E-state index is 12.2. The van der Waals surface area contributed by atoms with Crippen LogP contribution in [0.25, 0.3) is 0 Å². The molecule has 0 radical (unpaired) electrons. The molecule has 1 amide bonds. The first-order valence-electron chi connectivity index (χ1n) is 8.11. The third-order valence-corrected chi connectivity index (χ3v) is 4.60. The lowest BCUT2D eigenvalue weighted by atomic mass is 9.86. The second-order valence-corrected chi connectivity index (χ2v) is 8.17.